The number of piperidine rings is 1. The van der Waals surface area contributed by atoms with Crippen LogP contribution in [0.25, 0.3) is 11.3 Å². The first-order valence-electron chi connectivity index (χ1n) is 10.0. The standard InChI is InChI=1S/C22H28FN3O4/c1-22(2,28)14-26-8-6-15(7-9-26)13-30-16-4-5-17(18(23)10-16)19-11-25-20(12-24-19)21(27)29-3/h4-5,10-12,15,28H,6-9,13-14H2,1-3H3. The van der Waals surface area contributed by atoms with Gasteiger partial charge in [-0.25, -0.2) is 14.2 Å². The fourth-order valence-corrected chi connectivity index (χ4v) is 3.54. The van der Waals surface area contributed by atoms with Crippen LogP contribution in [0.4, 0.5) is 4.39 Å². The highest BCUT2D eigenvalue weighted by atomic mass is 19.1. The lowest BCUT2D eigenvalue weighted by Gasteiger charge is -2.35. The molecule has 0 saturated carbocycles. The lowest BCUT2D eigenvalue weighted by Crippen LogP contribution is -2.43. The number of aliphatic hydroxyl groups is 1. The van der Waals surface area contributed by atoms with Crippen molar-refractivity contribution in [2.24, 2.45) is 5.92 Å². The molecule has 1 aliphatic heterocycles. The Labute approximate surface area is 175 Å². The average molecular weight is 417 g/mol. The highest BCUT2D eigenvalue weighted by Crippen LogP contribution is 2.26. The number of halogens is 1. The molecule has 30 heavy (non-hydrogen) atoms. The number of carbonyl (C=O) groups is 1. The van der Waals surface area contributed by atoms with Gasteiger partial charge in [-0.15, -0.1) is 0 Å². The van der Waals surface area contributed by atoms with Crippen molar-refractivity contribution in [1.82, 2.24) is 14.9 Å². The zero-order valence-electron chi connectivity index (χ0n) is 17.6. The van der Waals surface area contributed by atoms with E-state index in [0.29, 0.717) is 30.5 Å². The molecule has 1 aliphatic rings. The van der Waals surface area contributed by atoms with E-state index >= 15 is 0 Å². The number of esters is 1. The van der Waals surface area contributed by atoms with Crippen molar-refractivity contribution >= 4 is 5.97 Å². The summed E-state index contributed by atoms with van der Waals surface area (Å²) in [6.07, 6.45) is 4.57. The molecule has 0 aliphatic carbocycles. The number of aromatic nitrogens is 2. The van der Waals surface area contributed by atoms with Gasteiger partial charge in [0.25, 0.3) is 0 Å². The fourth-order valence-electron chi connectivity index (χ4n) is 3.54. The van der Waals surface area contributed by atoms with Crippen molar-refractivity contribution in [2.45, 2.75) is 32.3 Å². The number of carbonyl (C=O) groups excluding carboxylic acids is 1. The molecule has 0 spiro atoms. The summed E-state index contributed by atoms with van der Waals surface area (Å²) in [5.74, 6) is -0.186. The molecule has 0 unspecified atom stereocenters. The molecule has 2 aromatic rings. The van der Waals surface area contributed by atoms with E-state index in [1.165, 1.54) is 25.6 Å². The van der Waals surface area contributed by atoms with E-state index in [-0.39, 0.29) is 11.3 Å². The molecule has 0 amide bonds. The van der Waals surface area contributed by atoms with E-state index in [0.717, 1.165) is 25.9 Å². The number of methoxy groups -OCH3 is 1. The van der Waals surface area contributed by atoms with Crippen LogP contribution in [0.3, 0.4) is 0 Å². The molecule has 1 aromatic carbocycles. The van der Waals surface area contributed by atoms with Gasteiger partial charge in [-0.3, -0.25) is 4.98 Å². The molecule has 0 bridgehead atoms. The van der Waals surface area contributed by atoms with Gasteiger partial charge in [-0.05, 0) is 57.8 Å². The minimum atomic E-state index is -0.688. The number of likely N-dealkylation sites (tertiary alicyclic amines) is 1. The summed E-state index contributed by atoms with van der Waals surface area (Å²) in [6.45, 7) is 6.68. The molecule has 1 N–H and O–H groups in total. The van der Waals surface area contributed by atoms with Crippen molar-refractivity contribution in [1.29, 1.82) is 0 Å². The maximum Gasteiger partial charge on any atom is 0.358 e. The van der Waals surface area contributed by atoms with Crippen LogP contribution in [0.1, 0.15) is 37.2 Å². The number of β-amino-alcohol motifs (C(OH)–C–C–N with tert-alkyl or cyclic N) is 1. The number of rotatable bonds is 7. The van der Waals surface area contributed by atoms with Crippen LogP contribution >= 0.6 is 0 Å². The summed E-state index contributed by atoms with van der Waals surface area (Å²) in [7, 11) is 1.26. The van der Waals surface area contributed by atoms with Gasteiger partial charge < -0.3 is 19.5 Å². The molecule has 2 heterocycles. The third-order valence-electron chi connectivity index (χ3n) is 5.07. The Morgan fingerprint density at radius 3 is 2.57 bits per heavy atom. The van der Waals surface area contributed by atoms with Crippen LogP contribution in [0.5, 0.6) is 5.75 Å². The van der Waals surface area contributed by atoms with Gasteiger partial charge in [0.05, 0.1) is 37.4 Å². The maximum atomic E-state index is 14.6. The van der Waals surface area contributed by atoms with E-state index in [4.69, 9.17) is 4.74 Å². The van der Waals surface area contributed by atoms with Crippen LogP contribution in [0.15, 0.2) is 30.6 Å². The second-order valence-corrected chi connectivity index (χ2v) is 8.26. The van der Waals surface area contributed by atoms with Gasteiger partial charge in [0.2, 0.25) is 0 Å². The van der Waals surface area contributed by atoms with Crippen molar-refractivity contribution in [3.05, 3.63) is 42.1 Å². The summed E-state index contributed by atoms with van der Waals surface area (Å²) in [4.78, 5) is 21.7. The molecule has 0 radical (unpaired) electrons. The number of hydrogen-bond acceptors (Lipinski definition) is 7. The van der Waals surface area contributed by atoms with E-state index in [1.807, 2.05) is 13.8 Å². The molecule has 1 fully saturated rings. The summed E-state index contributed by atoms with van der Waals surface area (Å²) in [5, 5.41) is 9.94. The molecule has 7 nitrogen and oxygen atoms in total. The average Bonchev–Trinajstić information content (AvgIpc) is 2.72. The Morgan fingerprint density at radius 2 is 2.00 bits per heavy atom. The molecule has 8 heteroatoms. The SMILES string of the molecule is COC(=O)c1cnc(-c2ccc(OCC3CCN(CC(C)(C)O)CC3)cc2F)cn1. The summed E-state index contributed by atoms with van der Waals surface area (Å²) in [5.41, 5.74) is -0.0145. The topological polar surface area (TPSA) is 84.8 Å². The summed E-state index contributed by atoms with van der Waals surface area (Å²) in [6, 6.07) is 4.64. The van der Waals surface area contributed by atoms with Crippen LogP contribution < -0.4 is 4.74 Å². The van der Waals surface area contributed by atoms with Crippen molar-refractivity contribution < 1.29 is 23.8 Å². The first-order chi connectivity index (χ1) is 14.2. The second-order valence-electron chi connectivity index (χ2n) is 8.26. The predicted octanol–water partition coefficient (Wildman–Crippen LogP) is 2.93. The Bertz CT molecular complexity index is 860. The molecular formula is C22H28FN3O4. The van der Waals surface area contributed by atoms with Crippen LogP contribution in [-0.4, -0.2) is 64.9 Å². The Morgan fingerprint density at radius 1 is 1.27 bits per heavy atom. The number of nitrogens with zero attached hydrogens (tertiary/aromatic N) is 3. The van der Waals surface area contributed by atoms with Crippen LogP contribution in [0.2, 0.25) is 0 Å². The Kier molecular flexibility index (Phi) is 6.99. The lowest BCUT2D eigenvalue weighted by molar-refractivity contribution is 0.0212. The molecule has 162 valence electrons. The van der Waals surface area contributed by atoms with Gasteiger partial charge in [-0.2, -0.15) is 0 Å². The van der Waals surface area contributed by atoms with Crippen LogP contribution in [0, 0.1) is 11.7 Å². The number of benzene rings is 1. The third-order valence-corrected chi connectivity index (χ3v) is 5.07. The molecule has 1 saturated heterocycles. The van der Waals surface area contributed by atoms with Crippen molar-refractivity contribution in [3.63, 3.8) is 0 Å². The monoisotopic (exact) mass is 417 g/mol. The minimum absolute atomic E-state index is 0.0650. The zero-order chi connectivity index (χ0) is 21.7. The Balaban J connectivity index is 1.54. The lowest BCUT2D eigenvalue weighted by atomic mass is 9.96. The quantitative estimate of drug-likeness (QED) is 0.694. The molecule has 1 aromatic heterocycles. The van der Waals surface area contributed by atoms with E-state index < -0.39 is 17.4 Å². The first kappa shape index (κ1) is 22.1. The van der Waals surface area contributed by atoms with Gasteiger partial charge in [-0.1, -0.05) is 0 Å². The van der Waals surface area contributed by atoms with E-state index in [9.17, 15) is 14.3 Å². The maximum absolute atomic E-state index is 14.6. The molecule has 0 atom stereocenters. The van der Waals surface area contributed by atoms with Crippen LogP contribution in [-0.2, 0) is 4.74 Å². The van der Waals surface area contributed by atoms with Gasteiger partial charge in [0.15, 0.2) is 5.69 Å². The fraction of sp³-hybridized carbons (Fsp3) is 0.500. The van der Waals surface area contributed by atoms with Gasteiger partial charge >= 0.3 is 5.97 Å². The number of ether oxygens (including phenoxy) is 2. The smallest absolute Gasteiger partial charge is 0.358 e. The second kappa shape index (κ2) is 9.49. The highest BCUT2D eigenvalue weighted by molar-refractivity contribution is 5.86. The normalized spacial score (nSPS) is 15.8. The van der Waals surface area contributed by atoms with E-state index in [2.05, 4.69) is 19.6 Å². The van der Waals surface area contributed by atoms with Gasteiger partial charge in [0, 0.05) is 18.2 Å². The highest BCUT2D eigenvalue weighted by Gasteiger charge is 2.24. The summed E-state index contributed by atoms with van der Waals surface area (Å²) >= 11 is 0. The van der Waals surface area contributed by atoms with Crippen molar-refractivity contribution in [2.75, 3.05) is 33.4 Å². The third kappa shape index (κ3) is 5.96. The van der Waals surface area contributed by atoms with Gasteiger partial charge in [0.1, 0.15) is 11.6 Å². The van der Waals surface area contributed by atoms with E-state index in [1.54, 1.807) is 12.1 Å². The van der Waals surface area contributed by atoms with Crippen molar-refractivity contribution in [3.8, 4) is 17.0 Å². The zero-order valence-corrected chi connectivity index (χ0v) is 17.6. The predicted molar refractivity (Wildman–Crippen MR) is 110 cm³/mol. The largest absolute Gasteiger partial charge is 0.493 e. The molecular weight excluding hydrogens is 389 g/mol. The molecule has 3 rings (SSSR count). The Hall–Kier alpha value is -2.58. The summed E-state index contributed by atoms with van der Waals surface area (Å²) < 4.78 is 25.0. The first-order valence-corrected chi connectivity index (χ1v) is 10.0. The number of hydrogen-bond donors (Lipinski definition) is 1. The minimum Gasteiger partial charge on any atom is -0.493 e.